The van der Waals surface area contributed by atoms with E-state index < -0.39 is 17.7 Å². The predicted octanol–water partition coefficient (Wildman–Crippen LogP) is 3.29. The van der Waals surface area contributed by atoms with E-state index in [1.807, 2.05) is 12.2 Å². The second-order valence-corrected chi connectivity index (χ2v) is 5.06. The molecule has 2 rings (SSSR count). The summed E-state index contributed by atoms with van der Waals surface area (Å²) in [6, 6.07) is 0. The van der Waals surface area contributed by atoms with Gasteiger partial charge < -0.3 is 5.11 Å². The molecule has 1 N–H and O–H groups in total. The third-order valence-electron chi connectivity index (χ3n) is 4.01. The summed E-state index contributed by atoms with van der Waals surface area (Å²) in [7, 11) is 0. The Morgan fingerprint density at radius 1 is 1.25 bits per heavy atom. The zero-order valence-electron chi connectivity index (χ0n) is 9.30. The fourth-order valence-corrected chi connectivity index (χ4v) is 3.25. The topological polar surface area (TPSA) is 20.2 Å². The van der Waals surface area contributed by atoms with Gasteiger partial charge >= 0.3 is 6.18 Å². The van der Waals surface area contributed by atoms with Gasteiger partial charge in [-0.15, -0.1) is 0 Å². The lowest BCUT2D eigenvalue weighted by Crippen LogP contribution is -2.52. The molecule has 2 bridgehead atoms. The molecule has 0 amide bonds. The van der Waals surface area contributed by atoms with Crippen LogP contribution in [-0.2, 0) is 0 Å². The minimum atomic E-state index is -4.51. The molecule has 2 aliphatic rings. The average molecular weight is 234 g/mol. The second-order valence-electron chi connectivity index (χ2n) is 5.06. The van der Waals surface area contributed by atoms with Crippen LogP contribution >= 0.6 is 0 Å². The number of hydrogen-bond donors (Lipinski definition) is 1. The predicted molar refractivity (Wildman–Crippen MR) is 54.8 cm³/mol. The number of fused-ring (bicyclic) bond motifs is 2. The third-order valence-corrected chi connectivity index (χ3v) is 4.01. The summed E-state index contributed by atoms with van der Waals surface area (Å²) in [5.74, 6) is -0.466. The van der Waals surface area contributed by atoms with E-state index in [0.29, 0.717) is 12.8 Å². The molecule has 2 aliphatic carbocycles. The van der Waals surface area contributed by atoms with Crippen LogP contribution in [0.3, 0.4) is 0 Å². The van der Waals surface area contributed by atoms with E-state index in [4.69, 9.17) is 0 Å². The van der Waals surface area contributed by atoms with Crippen LogP contribution in [0.25, 0.3) is 0 Å². The second kappa shape index (κ2) is 3.76. The highest BCUT2D eigenvalue weighted by Gasteiger charge is 2.61. The molecule has 0 spiro atoms. The van der Waals surface area contributed by atoms with Gasteiger partial charge in [-0.3, -0.25) is 0 Å². The summed E-state index contributed by atoms with van der Waals surface area (Å²) in [5.41, 5.74) is -2.48. The fraction of sp³-hybridized carbons (Fsp3) is 0.833. The minimum Gasteiger partial charge on any atom is -0.380 e. The van der Waals surface area contributed by atoms with Gasteiger partial charge in [-0.1, -0.05) is 25.5 Å². The Balaban J connectivity index is 2.23. The molecule has 0 aromatic heterocycles. The van der Waals surface area contributed by atoms with Crippen molar-refractivity contribution in [2.45, 2.75) is 44.4 Å². The Morgan fingerprint density at radius 2 is 1.94 bits per heavy atom. The van der Waals surface area contributed by atoms with Crippen molar-refractivity contribution in [2.75, 3.05) is 0 Å². The molecule has 4 atom stereocenters. The zero-order valence-corrected chi connectivity index (χ0v) is 9.30. The van der Waals surface area contributed by atoms with Crippen LogP contribution in [0, 0.1) is 17.8 Å². The van der Waals surface area contributed by atoms with E-state index in [1.165, 1.54) is 0 Å². The highest BCUT2D eigenvalue weighted by molar-refractivity contribution is 5.15. The van der Waals surface area contributed by atoms with E-state index in [9.17, 15) is 18.3 Å². The van der Waals surface area contributed by atoms with Crippen LogP contribution in [0.4, 0.5) is 13.2 Å². The number of alkyl halides is 3. The van der Waals surface area contributed by atoms with Crippen molar-refractivity contribution >= 4 is 0 Å². The lowest BCUT2D eigenvalue weighted by atomic mass is 9.75. The maximum absolute atomic E-state index is 13.0. The molecule has 4 unspecified atom stereocenters. The van der Waals surface area contributed by atoms with Crippen molar-refractivity contribution in [1.29, 1.82) is 0 Å². The number of rotatable bonds is 3. The molecule has 1 nitrogen and oxygen atoms in total. The van der Waals surface area contributed by atoms with E-state index in [1.54, 1.807) is 6.92 Å². The smallest absolute Gasteiger partial charge is 0.380 e. The van der Waals surface area contributed by atoms with E-state index in [-0.39, 0.29) is 18.3 Å². The Morgan fingerprint density at radius 3 is 2.31 bits per heavy atom. The van der Waals surface area contributed by atoms with Gasteiger partial charge in [-0.05, 0) is 31.1 Å². The van der Waals surface area contributed by atoms with Crippen LogP contribution in [0.5, 0.6) is 0 Å². The number of aliphatic hydroxyl groups is 1. The van der Waals surface area contributed by atoms with Gasteiger partial charge in [0.1, 0.15) is 0 Å². The van der Waals surface area contributed by atoms with Gasteiger partial charge in [0.25, 0.3) is 0 Å². The molecule has 1 fully saturated rings. The Bertz CT molecular complexity index is 297. The highest BCUT2D eigenvalue weighted by atomic mass is 19.4. The van der Waals surface area contributed by atoms with Crippen LogP contribution < -0.4 is 0 Å². The minimum absolute atomic E-state index is 0.0804. The first-order chi connectivity index (χ1) is 7.38. The molecule has 0 radical (unpaired) electrons. The molecule has 0 aromatic carbocycles. The van der Waals surface area contributed by atoms with Crippen molar-refractivity contribution in [1.82, 2.24) is 0 Å². The summed E-state index contributed by atoms with van der Waals surface area (Å²) in [5, 5.41) is 10.0. The molecular formula is C12H17F3O. The van der Waals surface area contributed by atoms with Crippen molar-refractivity contribution in [3.63, 3.8) is 0 Å². The SMILES string of the molecule is CCCC(O)(C1CC2C=CC1C2)C(F)(F)F. The standard InChI is InChI=1S/C12H17F3O/c1-2-5-11(16,12(13,14)15)10-7-8-3-4-9(10)6-8/h3-4,8-10,16H,2,5-7H2,1H3. The first kappa shape index (κ1) is 12.0. The van der Waals surface area contributed by atoms with Crippen molar-refractivity contribution in [2.24, 2.45) is 17.8 Å². The van der Waals surface area contributed by atoms with Crippen molar-refractivity contribution < 1.29 is 18.3 Å². The Hall–Kier alpha value is -0.510. The Kier molecular flexibility index (Phi) is 2.81. The molecule has 0 saturated heterocycles. The van der Waals surface area contributed by atoms with Crippen molar-refractivity contribution in [3.05, 3.63) is 12.2 Å². The van der Waals surface area contributed by atoms with Gasteiger partial charge in [-0.25, -0.2) is 0 Å². The first-order valence-corrected chi connectivity index (χ1v) is 5.86. The molecule has 0 heterocycles. The molecule has 92 valence electrons. The average Bonchev–Trinajstić information content (AvgIpc) is 2.76. The number of hydrogen-bond acceptors (Lipinski definition) is 1. The molecule has 1 saturated carbocycles. The number of allylic oxidation sites excluding steroid dienone is 2. The van der Waals surface area contributed by atoms with Gasteiger partial charge in [0.2, 0.25) is 0 Å². The molecular weight excluding hydrogens is 217 g/mol. The molecule has 0 aliphatic heterocycles. The highest BCUT2D eigenvalue weighted by Crippen LogP contribution is 2.53. The summed E-state index contributed by atoms with van der Waals surface area (Å²) < 4.78 is 39.0. The molecule has 0 aromatic rings. The normalized spacial score (nSPS) is 36.7. The number of halogens is 3. The first-order valence-electron chi connectivity index (χ1n) is 5.86. The van der Waals surface area contributed by atoms with Crippen LogP contribution in [-0.4, -0.2) is 16.9 Å². The monoisotopic (exact) mass is 234 g/mol. The van der Waals surface area contributed by atoms with Gasteiger partial charge in [0, 0.05) is 5.92 Å². The van der Waals surface area contributed by atoms with Crippen LogP contribution in [0.1, 0.15) is 32.6 Å². The van der Waals surface area contributed by atoms with E-state index in [0.717, 1.165) is 6.42 Å². The summed E-state index contributed by atoms with van der Waals surface area (Å²) in [6.45, 7) is 1.68. The zero-order chi connectivity index (χ0) is 12.0. The largest absolute Gasteiger partial charge is 0.417 e. The fourth-order valence-electron chi connectivity index (χ4n) is 3.25. The van der Waals surface area contributed by atoms with Crippen LogP contribution in [0.15, 0.2) is 12.2 Å². The third kappa shape index (κ3) is 1.67. The van der Waals surface area contributed by atoms with E-state index in [2.05, 4.69) is 0 Å². The van der Waals surface area contributed by atoms with Gasteiger partial charge in [0.15, 0.2) is 5.60 Å². The van der Waals surface area contributed by atoms with Crippen LogP contribution in [0.2, 0.25) is 0 Å². The lowest BCUT2D eigenvalue weighted by Gasteiger charge is -2.38. The molecule has 16 heavy (non-hydrogen) atoms. The molecule has 4 heteroatoms. The summed E-state index contributed by atoms with van der Waals surface area (Å²) >= 11 is 0. The maximum Gasteiger partial charge on any atom is 0.417 e. The van der Waals surface area contributed by atoms with E-state index >= 15 is 0 Å². The summed E-state index contributed by atoms with van der Waals surface area (Å²) in [6.07, 6.45) is 0.775. The Labute approximate surface area is 93.3 Å². The summed E-state index contributed by atoms with van der Waals surface area (Å²) in [4.78, 5) is 0. The quantitative estimate of drug-likeness (QED) is 0.743. The maximum atomic E-state index is 13.0. The van der Waals surface area contributed by atoms with Gasteiger partial charge in [0.05, 0.1) is 0 Å². The van der Waals surface area contributed by atoms with Crippen molar-refractivity contribution in [3.8, 4) is 0 Å². The lowest BCUT2D eigenvalue weighted by molar-refractivity contribution is -0.285. The van der Waals surface area contributed by atoms with Gasteiger partial charge in [-0.2, -0.15) is 13.2 Å².